The molecule has 0 fully saturated rings. The first kappa shape index (κ1) is 14.2. The van der Waals surface area contributed by atoms with E-state index in [0.29, 0.717) is 23.7 Å². The molecular weight excluding hydrogens is 306 g/mol. The number of benzene rings is 1. The van der Waals surface area contributed by atoms with Crippen molar-refractivity contribution in [2.75, 3.05) is 13.7 Å². The molecule has 108 valence electrons. The fraction of sp³-hybridized carbons (Fsp3) is 0.188. The zero-order chi connectivity index (χ0) is 14.8. The predicted molar refractivity (Wildman–Crippen MR) is 85.7 cm³/mol. The van der Waals surface area contributed by atoms with E-state index >= 15 is 0 Å². The van der Waals surface area contributed by atoms with Gasteiger partial charge in [-0.2, -0.15) is 0 Å². The van der Waals surface area contributed by atoms with Crippen molar-refractivity contribution in [3.8, 4) is 5.75 Å². The summed E-state index contributed by atoms with van der Waals surface area (Å²) in [5.74, 6) is 0.742. The summed E-state index contributed by atoms with van der Waals surface area (Å²) in [6, 6.07) is 9.42. The zero-order valence-corrected chi connectivity index (χ0v) is 13.1. The van der Waals surface area contributed by atoms with Gasteiger partial charge in [-0.1, -0.05) is 17.7 Å². The maximum absolute atomic E-state index is 12.5. The van der Waals surface area contributed by atoms with Crippen molar-refractivity contribution in [3.05, 3.63) is 56.7 Å². The second-order valence-corrected chi connectivity index (χ2v) is 6.35. The van der Waals surface area contributed by atoms with Gasteiger partial charge in [-0.15, -0.1) is 11.3 Å². The number of rotatable bonds is 3. The van der Waals surface area contributed by atoms with Crippen molar-refractivity contribution < 1.29 is 9.53 Å². The van der Waals surface area contributed by atoms with Gasteiger partial charge in [0.25, 0.3) is 5.91 Å². The van der Waals surface area contributed by atoms with E-state index in [4.69, 9.17) is 16.3 Å². The molecule has 1 aliphatic heterocycles. The lowest BCUT2D eigenvalue weighted by Gasteiger charge is -2.22. The molecule has 1 aliphatic rings. The van der Waals surface area contributed by atoms with Gasteiger partial charge in [0, 0.05) is 22.5 Å². The molecule has 0 bridgehead atoms. The molecule has 0 saturated carbocycles. The van der Waals surface area contributed by atoms with Gasteiger partial charge in [-0.05, 0) is 35.7 Å². The average Bonchev–Trinajstić information content (AvgIpc) is 2.98. The van der Waals surface area contributed by atoms with E-state index in [2.05, 4.69) is 0 Å². The number of hydrogen-bond donors (Lipinski definition) is 0. The van der Waals surface area contributed by atoms with Crippen LogP contribution in [-0.4, -0.2) is 24.5 Å². The van der Waals surface area contributed by atoms with Crippen LogP contribution in [-0.2, 0) is 11.3 Å². The maximum Gasteiger partial charge on any atom is 0.253 e. The fourth-order valence-electron chi connectivity index (χ4n) is 2.23. The topological polar surface area (TPSA) is 29.5 Å². The molecule has 0 spiro atoms. The van der Waals surface area contributed by atoms with E-state index in [9.17, 15) is 4.79 Å². The summed E-state index contributed by atoms with van der Waals surface area (Å²) in [7, 11) is 1.80. The number of fused-ring (bicyclic) bond motifs is 1. The first-order valence-corrected chi connectivity index (χ1v) is 7.80. The number of likely N-dealkylation sites (N-methyl/N-ethyl adjacent to an activating group) is 1. The number of carbonyl (C=O) groups is 1. The summed E-state index contributed by atoms with van der Waals surface area (Å²) >= 11 is 7.63. The molecule has 1 amide bonds. The quantitative estimate of drug-likeness (QED) is 0.860. The third-order valence-corrected chi connectivity index (χ3v) is 4.38. The molecule has 21 heavy (non-hydrogen) atoms. The molecule has 1 aromatic heterocycles. The maximum atomic E-state index is 12.5. The molecule has 2 aromatic rings. The number of carbonyl (C=O) groups excluding carboxylic acids is 1. The molecule has 3 rings (SSSR count). The Morgan fingerprint density at radius 3 is 3.05 bits per heavy atom. The van der Waals surface area contributed by atoms with Crippen LogP contribution in [0.3, 0.4) is 0 Å². The zero-order valence-electron chi connectivity index (χ0n) is 11.5. The van der Waals surface area contributed by atoms with Crippen LogP contribution in [0.4, 0.5) is 0 Å². The first-order chi connectivity index (χ1) is 10.1. The average molecular weight is 320 g/mol. The molecule has 1 aromatic carbocycles. The summed E-state index contributed by atoms with van der Waals surface area (Å²) in [4.78, 5) is 15.3. The van der Waals surface area contributed by atoms with E-state index < -0.39 is 0 Å². The summed E-state index contributed by atoms with van der Waals surface area (Å²) in [5, 5.41) is 2.64. The third-order valence-electron chi connectivity index (χ3n) is 3.28. The van der Waals surface area contributed by atoms with E-state index in [1.807, 2.05) is 35.7 Å². The molecule has 0 saturated heterocycles. The van der Waals surface area contributed by atoms with Crippen molar-refractivity contribution in [1.82, 2.24) is 4.90 Å². The molecule has 0 N–H and O–H groups in total. The highest BCUT2D eigenvalue weighted by molar-refractivity contribution is 7.09. The molecule has 3 nitrogen and oxygen atoms in total. The highest BCUT2D eigenvalue weighted by Gasteiger charge is 2.20. The second kappa shape index (κ2) is 5.92. The van der Waals surface area contributed by atoms with E-state index in [0.717, 1.165) is 16.2 Å². The van der Waals surface area contributed by atoms with Gasteiger partial charge >= 0.3 is 0 Å². The van der Waals surface area contributed by atoms with Gasteiger partial charge < -0.3 is 9.64 Å². The van der Waals surface area contributed by atoms with Crippen molar-refractivity contribution in [3.63, 3.8) is 0 Å². The van der Waals surface area contributed by atoms with Crippen LogP contribution < -0.4 is 4.74 Å². The lowest BCUT2D eigenvalue weighted by Crippen LogP contribution is -2.30. The van der Waals surface area contributed by atoms with E-state index in [-0.39, 0.29) is 5.91 Å². The fourth-order valence-corrected chi connectivity index (χ4v) is 3.16. The largest absolute Gasteiger partial charge is 0.488 e. The lowest BCUT2D eigenvalue weighted by atomic mass is 10.1. The second-order valence-electron chi connectivity index (χ2n) is 4.88. The van der Waals surface area contributed by atoms with Crippen LogP contribution in [0.5, 0.6) is 5.75 Å². The lowest BCUT2D eigenvalue weighted by molar-refractivity contribution is -0.126. The van der Waals surface area contributed by atoms with Gasteiger partial charge in [0.2, 0.25) is 0 Å². The Balaban J connectivity index is 1.79. The Labute approximate surface area is 132 Å². The molecule has 0 atom stereocenters. The van der Waals surface area contributed by atoms with Crippen LogP contribution in [0.2, 0.25) is 5.02 Å². The van der Waals surface area contributed by atoms with Gasteiger partial charge in [-0.25, -0.2) is 0 Å². The summed E-state index contributed by atoms with van der Waals surface area (Å²) in [6.45, 7) is 0.901. The molecule has 0 radical (unpaired) electrons. The Bertz CT molecular complexity index is 694. The Morgan fingerprint density at radius 2 is 2.29 bits per heavy atom. The smallest absolute Gasteiger partial charge is 0.253 e. The van der Waals surface area contributed by atoms with Crippen LogP contribution in [0.15, 0.2) is 41.3 Å². The number of halogens is 1. The summed E-state index contributed by atoms with van der Waals surface area (Å²) in [6.07, 6.45) is 1.86. The normalized spacial score (nSPS) is 13.1. The number of hydrogen-bond acceptors (Lipinski definition) is 3. The van der Waals surface area contributed by atoms with Crippen molar-refractivity contribution in [1.29, 1.82) is 0 Å². The van der Waals surface area contributed by atoms with Gasteiger partial charge in [0.15, 0.2) is 0 Å². The molecule has 5 heteroatoms. The Hall–Kier alpha value is -1.78. The van der Waals surface area contributed by atoms with Crippen LogP contribution in [0.25, 0.3) is 6.08 Å². The molecular formula is C16H14ClNO2S. The first-order valence-electron chi connectivity index (χ1n) is 6.54. The number of amides is 1. The van der Waals surface area contributed by atoms with Crippen molar-refractivity contribution >= 4 is 34.9 Å². The van der Waals surface area contributed by atoms with E-state index in [1.54, 1.807) is 29.4 Å². The van der Waals surface area contributed by atoms with Gasteiger partial charge in [0.1, 0.15) is 12.4 Å². The van der Waals surface area contributed by atoms with Crippen molar-refractivity contribution in [2.45, 2.75) is 6.54 Å². The minimum absolute atomic E-state index is 0.0194. The highest BCUT2D eigenvalue weighted by atomic mass is 35.5. The van der Waals surface area contributed by atoms with Gasteiger partial charge in [0.05, 0.1) is 12.1 Å². The standard InChI is InChI=1S/C16H14ClNO2S/c1-18(9-14-3-2-6-21-14)16(19)12-7-11-8-13(17)4-5-15(11)20-10-12/h2-8H,9-10H2,1H3. The highest BCUT2D eigenvalue weighted by Crippen LogP contribution is 2.29. The predicted octanol–water partition coefficient (Wildman–Crippen LogP) is 3.84. The number of ether oxygens (including phenoxy) is 1. The van der Waals surface area contributed by atoms with Gasteiger partial charge in [-0.3, -0.25) is 4.79 Å². The van der Waals surface area contributed by atoms with Crippen LogP contribution >= 0.6 is 22.9 Å². The SMILES string of the molecule is CN(Cc1cccs1)C(=O)C1=Cc2cc(Cl)ccc2OC1. The minimum Gasteiger partial charge on any atom is -0.488 e. The third kappa shape index (κ3) is 3.12. The Kier molecular flexibility index (Phi) is 3.99. The van der Waals surface area contributed by atoms with Crippen molar-refractivity contribution in [2.24, 2.45) is 0 Å². The summed E-state index contributed by atoms with van der Waals surface area (Å²) in [5.41, 5.74) is 1.49. The summed E-state index contributed by atoms with van der Waals surface area (Å²) < 4.78 is 5.63. The van der Waals surface area contributed by atoms with E-state index in [1.165, 1.54) is 0 Å². The Morgan fingerprint density at radius 1 is 1.43 bits per heavy atom. The molecule has 2 heterocycles. The minimum atomic E-state index is -0.0194. The molecule has 0 unspecified atom stereocenters. The number of nitrogens with zero attached hydrogens (tertiary/aromatic N) is 1. The van der Waals surface area contributed by atoms with Crippen LogP contribution in [0, 0.1) is 0 Å². The number of thiophene rings is 1. The molecule has 0 aliphatic carbocycles. The monoisotopic (exact) mass is 319 g/mol. The van der Waals surface area contributed by atoms with Crippen LogP contribution in [0.1, 0.15) is 10.4 Å².